The van der Waals surface area contributed by atoms with Crippen molar-refractivity contribution in [1.29, 1.82) is 0 Å². The van der Waals surface area contributed by atoms with Gasteiger partial charge in [-0.15, -0.1) is 0 Å². The molecule has 2 rings (SSSR count). The zero-order chi connectivity index (χ0) is 8.77. The third-order valence-corrected chi connectivity index (χ3v) is 2.48. The Labute approximate surface area is 69.5 Å². The molecule has 2 heterocycles. The molecule has 12 heavy (non-hydrogen) atoms. The number of ether oxygens (including phenoxy) is 2. The monoisotopic (exact) mass is 176 g/mol. The Kier molecular flexibility index (Phi) is 1.85. The number of hydrogen-bond donors (Lipinski definition) is 3. The quantitative estimate of drug-likeness (QED) is 0.440. The zero-order valence-electron chi connectivity index (χ0n) is 6.51. The maximum absolute atomic E-state index is 9.50. The highest BCUT2D eigenvalue weighted by Gasteiger charge is 2.54. The summed E-state index contributed by atoms with van der Waals surface area (Å²) in [5, 5.41) is 27.8. The first-order valence-electron chi connectivity index (χ1n) is 3.94. The van der Waals surface area contributed by atoms with E-state index in [1.165, 1.54) is 0 Å². The first-order valence-corrected chi connectivity index (χ1v) is 3.94. The number of hydrogen-bond acceptors (Lipinski definition) is 5. The minimum absolute atomic E-state index is 0.145. The summed E-state index contributed by atoms with van der Waals surface area (Å²) in [5.41, 5.74) is -1.09. The van der Waals surface area contributed by atoms with E-state index < -0.39 is 24.1 Å². The van der Waals surface area contributed by atoms with Gasteiger partial charge in [0.05, 0.1) is 19.3 Å². The summed E-state index contributed by atoms with van der Waals surface area (Å²) in [6.45, 7) is -0.186. The lowest BCUT2D eigenvalue weighted by molar-refractivity contribution is -0.219. The van der Waals surface area contributed by atoms with Gasteiger partial charge in [0.15, 0.2) is 6.29 Å². The number of fused-ring (bicyclic) bond motifs is 2. The van der Waals surface area contributed by atoms with Gasteiger partial charge >= 0.3 is 0 Å². The lowest BCUT2D eigenvalue weighted by Gasteiger charge is -2.37. The molecule has 5 nitrogen and oxygen atoms in total. The fraction of sp³-hybridized carbons (Fsp3) is 1.00. The van der Waals surface area contributed by atoms with Crippen molar-refractivity contribution < 1.29 is 24.8 Å². The molecule has 4 atom stereocenters. The molecule has 2 saturated heterocycles. The van der Waals surface area contributed by atoms with Gasteiger partial charge in [0.2, 0.25) is 0 Å². The fourth-order valence-electron chi connectivity index (χ4n) is 1.69. The van der Waals surface area contributed by atoms with Crippen LogP contribution in [0.5, 0.6) is 0 Å². The summed E-state index contributed by atoms with van der Waals surface area (Å²) in [7, 11) is 0. The average molecular weight is 176 g/mol. The van der Waals surface area contributed by atoms with Crippen molar-refractivity contribution in [1.82, 2.24) is 0 Å². The molecule has 4 unspecified atom stereocenters. The molecular formula is C7H12O5. The van der Waals surface area contributed by atoms with Gasteiger partial charge in [-0.2, -0.15) is 0 Å². The second-order valence-electron chi connectivity index (χ2n) is 3.33. The van der Waals surface area contributed by atoms with Crippen LogP contribution in [0.3, 0.4) is 0 Å². The van der Waals surface area contributed by atoms with Crippen molar-refractivity contribution in [3.05, 3.63) is 0 Å². The van der Waals surface area contributed by atoms with Crippen LogP contribution in [0.25, 0.3) is 0 Å². The summed E-state index contributed by atoms with van der Waals surface area (Å²) in [6.07, 6.45) is -2.13. The van der Waals surface area contributed by atoms with Gasteiger partial charge < -0.3 is 24.8 Å². The van der Waals surface area contributed by atoms with Crippen molar-refractivity contribution >= 4 is 0 Å². The van der Waals surface area contributed by atoms with Crippen LogP contribution in [0.4, 0.5) is 0 Å². The van der Waals surface area contributed by atoms with Gasteiger partial charge in [-0.25, -0.2) is 0 Å². The van der Waals surface area contributed by atoms with Crippen LogP contribution in [-0.2, 0) is 9.47 Å². The molecule has 2 aliphatic rings. The van der Waals surface area contributed by atoms with E-state index in [0.717, 1.165) is 0 Å². The van der Waals surface area contributed by atoms with Crippen molar-refractivity contribution in [3.8, 4) is 0 Å². The second kappa shape index (κ2) is 2.65. The molecule has 2 bridgehead atoms. The highest BCUT2D eigenvalue weighted by molar-refractivity contribution is 4.99. The van der Waals surface area contributed by atoms with E-state index in [4.69, 9.17) is 14.6 Å². The van der Waals surface area contributed by atoms with Crippen molar-refractivity contribution in [2.45, 2.75) is 30.5 Å². The van der Waals surface area contributed by atoms with E-state index in [9.17, 15) is 10.2 Å². The van der Waals surface area contributed by atoms with E-state index in [2.05, 4.69) is 0 Å². The van der Waals surface area contributed by atoms with E-state index in [0.29, 0.717) is 0 Å². The SMILES string of the molecule is OCC12COC(CC(O)C1O)O2. The molecule has 3 N–H and O–H groups in total. The van der Waals surface area contributed by atoms with E-state index in [-0.39, 0.29) is 19.6 Å². The molecule has 2 fully saturated rings. The van der Waals surface area contributed by atoms with Gasteiger partial charge in [-0.3, -0.25) is 0 Å². The van der Waals surface area contributed by atoms with E-state index in [1.54, 1.807) is 0 Å². The lowest BCUT2D eigenvalue weighted by atomic mass is 9.91. The van der Waals surface area contributed by atoms with Gasteiger partial charge in [-0.05, 0) is 0 Å². The fourth-order valence-corrected chi connectivity index (χ4v) is 1.69. The first-order chi connectivity index (χ1) is 5.68. The maximum atomic E-state index is 9.50. The Morgan fingerprint density at radius 1 is 1.42 bits per heavy atom. The molecule has 5 heteroatoms. The van der Waals surface area contributed by atoms with Crippen LogP contribution in [0.1, 0.15) is 6.42 Å². The van der Waals surface area contributed by atoms with Crippen LogP contribution in [-0.4, -0.2) is 52.6 Å². The summed E-state index contributed by atoms with van der Waals surface area (Å²) in [5.74, 6) is 0. The van der Waals surface area contributed by atoms with Crippen LogP contribution >= 0.6 is 0 Å². The summed E-state index contributed by atoms with van der Waals surface area (Å²) < 4.78 is 10.3. The smallest absolute Gasteiger partial charge is 0.161 e. The summed E-state index contributed by atoms with van der Waals surface area (Å²) in [6, 6.07) is 0. The number of rotatable bonds is 1. The minimum atomic E-state index is -1.09. The molecule has 0 aromatic rings. The van der Waals surface area contributed by atoms with Gasteiger partial charge in [-0.1, -0.05) is 0 Å². The van der Waals surface area contributed by atoms with Gasteiger partial charge in [0.1, 0.15) is 11.7 Å². The van der Waals surface area contributed by atoms with Crippen molar-refractivity contribution in [2.24, 2.45) is 0 Å². The Balaban J connectivity index is 2.21. The predicted octanol–water partition coefficient (Wildman–Crippen LogP) is -1.78. The molecule has 0 aliphatic carbocycles. The molecule has 0 amide bonds. The molecule has 0 radical (unpaired) electrons. The molecule has 0 aromatic heterocycles. The Morgan fingerprint density at radius 3 is 2.83 bits per heavy atom. The number of aliphatic hydroxyl groups is 3. The number of aliphatic hydroxyl groups excluding tert-OH is 3. The third-order valence-electron chi connectivity index (χ3n) is 2.48. The van der Waals surface area contributed by atoms with Crippen molar-refractivity contribution in [3.63, 3.8) is 0 Å². The van der Waals surface area contributed by atoms with Gasteiger partial charge in [0, 0.05) is 6.42 Å². The summed E-state index contributed by atoms with van der Waals surface area (Å²) in [4.78, 5) is 0. The van der Waals surface area contributed by atoms with Gasteiger partial charge in [0.25, 0.3) is 0 Å². The van der Waals surface area contributed by atoms with Crippen LogP contribution < -0.4 is 0 Å². The second-order valence-corrected chi connectivity index (χ2v) is 3.33. The first kappa shape index (κ1) is 8.40. The molecule has 0 saturated carbocycles. The highest BCUT2D eigenvalue weighted by Crippen LogP contribution is 2.35. The Bertz CT molecular complexity index is 185. The molecular weight excluding hydrogens is 164 g/mol. The van der Waals surface area contributed by atoms with E-state index >= 15 is 0 Å². The average Bonchev–Trinajstić information content (AvgIpc) is 2.43. The molecule has 0 spiro atoms. The lowest BCUT2D eigenvalue weighted by Crippen LogP contribution is -2.56. The highest BCUT2D eigenvalue weighted by atomic mass is 16.7. The Hall–Kier alpha value is -0.200. The molecule has 2 aliphatic heterocycles. The topological polar surface area (TPSA) is 79.2 Å². The van der Waals surface area contributed by atoms with E-state index in [1.807, 2.05) is 0 Å². The normalized spacial score (nSPS) is 52.8. The summed E-state index contributed by atoms with van der Waals surface area (Å²) >= 11 is 0. The maximum Gasteiger partial charge on any atom is 0.161 e. The van der Waals surface area contributed by atoms with Crippen molar-refractivity contribution in [2.75, 3.05) is 13.2 Å². The Morgan fingerprint density at radius 2 is 2.17 bits per heavy atom. The van der Waals surface area contributed by atoms with Crippen LogP contribution in [0.15, 0.2) is 0 Å². The third kappa shape index (κ3) is 0.982. The predicted molar refractivity (Wildman–Crippen MR) is 37.3 cm³/mol. The van der Waals surface area contributed by atoms with Crippen LogP contribution in [0.2, 0.25) is 0 Å². The zero-order valence-corrected chi connectivity index (χ0v) is 6.51. The van der Waals surface area contributed by atoms with Crippen LogP contribution in [0, 0.1) is 0 Å². The molecule has 0 aromatic carbocycles. The standard InChI is InChI=1S/C7H12O5/c8-2-7-3-11-5(12-7)1-4(9)6(7)10/h4-6,8-10H,1-3H2. The molecule has 70 valence electrons. The minimum Gasteiger partial charge on any atom is -0.393 e. The largest absolute Gasteiger partial charge is 0.393 e.